The first-order valence-electron chi connectivity index (χ1n) is 5.58. The number of halogens is 1. The van der Waals surface area contributed by atoms with Crippen LogP contribution in [0.15, 0.2) is 22.7 Å². The van der Waals surface area contributed by atoms with Crippen molar-refractivity contribution in [3.8, 4) is 0 Å². The standard InChI is InChI=1S/C13H18BrNO/c1-4-15(8-10(2)3)13-6-5-12(14)7-11(13)9-16/h5-7,9-10H,4,8H2,1-3H3. The van der Waals surface area contributed by atoms with E-state index in [1.807, 2.05) is 18.2 Å². The summed E-state index contributed by atoms with van der Waals surface area (Å²) in [5.41, 5.74) is 1.77. The number of benzene rings is 1. The molecule has 0 aliphatic carbocycles. The van der Waals surface area contributed by atoms with E-state index in [9.17, 15) is 4.79 Å². The van der Waals surface area contributed by atoms with Crippen molar-refractivity contribution >= 4 is 27.9 Å². The SMILES string of the molecule is CCN(CC(C)C)c1ccc(Br)cc1C=O. The van der Waals surface area contributed by atoms with E-state index in [2.05, 4.69) is 41.6 Å². The molecule has 0 saturated carbocycles. The summed E-state index contributed by atoms with van der Waals surface area (Å²) in [5, 5.41) is 0. The van der Waals surface area contributed by atoms with Gasteiger partial charge in [-0.25, -0.2) is 0 Å². The van der Waals surface area contributed by atoms with Gasteiger partial charge in [0, 0.05) is 28.8 Å². The van der Waals surface area contributed by atoms with Crippen LogP contribution in [0.25, 0.3) is 0 Å². The van der Waals surface area contributed by atoms with Gasteiger partial charge >= 0.3 is 0 Å². The third kappa shape index (κ3) is 3.34. The molecule has 0 bridgehead atoms. The predicted octanol–water partition coefficient (Wildman–Crippen LogP) is 3.74. The van der Waals surface area contributed by atoms with Crippen molar-refractivity contribution in [2.45, 2.75) is 20.8 Å². The Hall–Kier alpha value is -0.830. The smallest absolute Gasteiger partial charge is 0.152 e. The van der Waals surface area contributed by atoms with E-state index in [1.54, 1.807) is 0 Å². The van der Waals surface area contributed by atoms with E-state index >= 15 is 0 Å². The van der Waals surface area contributed by atoms with E-state index in [4.69, 9.17) is 0 Å². The molecular formula is C13H18BrNO. The van der Waals surface area contributed by atoms with E-state index < -0.39 is 0 Å². The minimum Gasteiger partial charge on any atom is -0.371 e. The Kier molecular flexibility index (Phi) is 5.00. The quantitative estimate of drug-likeness (QED) is 0.768. The second kappa shape index (κ2) is 6.04. The highest BCUT2D eigenvalue weighted by atomic mass is 79.9. The zero-order valence-electron chi connectivity index (χ0n) is 10.0. The van der Waals surface area contributed by atoms with Gasteiger partial charge in [0.15, 0.2) is 6.29 Å². The molecular weight excluding hydrogens is 266 g/mol. The molecule has 0 aromatic heterocycles. The van der Waals surface area contributed by atoms with Crippen LogP contribution in [0.1, 0.15) is 31.1 Å². The van der Waals surface area contributed by atoms with Crippen LogP contribution in [0.3, 0.4) is 0 Å². The van der Waals surface area contributed by atoms with Gasteiger partial charge in [-0.05, 0) is 31.0 Å². The van der Waals surface area contributed by atoms with E-state index in [0.29, 0.717) is 5.92 Å². The lowest BCUT2D eigenvalue weighted by Crippen LogP contribution is -2.28. The first-order valence-corrected chi connectivity index (χ1v) is 6.37. The lowest BCUT2D eigenvalue weighted by atomic mass is 10.1. The number of nitrogens with zero attached hydrogens (tertiary/aromatic N) is 1. The van der Waals surface area contributed by atoms with Gasteiger partial charge in [-0.1, -0.05) is 29.8 Å². The van der Waals surface area contributed by atoms with Crippen molar-refractivity contribution < 1.29 is 4.79 Å². The Morgan fingerprint density at radius 2 is 2.12 bits per heavy atom. The molecule has 0 aliphatic rings. The summed E-state index contributed by atoms with van der Waals surface area (Å²) in [6.07, 6.45) is 0.920. The molecule has 3 heteroatoms. The van der Waals surface area contributed by atoms with Crippen LogP contribution >= 0.6 is 15.9 Å². The number of aldehydes is 1. The molecule has 0 radical (unpaired) electrons. The van der Waals surface area contributed by atoms with Crippen LogP contribution in [0.4, 0.5) is 5.69 Å². The predicted molar refractivity (Wildman–Crippen MR) is 72.3 cm³/mol. The van der Waals surface area contributed by atoms with Crippen LogP contribution in [-0.4, -0.2) is 19.4 Å². The molecule has 0 heterocycles. The van der Waals surface area contributed by atoms with Crippen molar-refractivity contribution in [1.82, 2.24) is 0 Å². The maximum atomic E-state index is 11.0. The summed E-state index contributed by atoms with van der Waals surface area (Å²) in [4.78, 5) is 13.3. The number of carbonyl (C=O) groups is 1. The minimum absolute atomic E-state index is 0.586. The summed E-state index contributed by atoms with van der Waals surface area (Å²) in [6.45, 7) is 8.36. The fourth-order valence-corrected chi connectivity index (χ4v) is 2.13. The summed E-state index contributed by atoms with van der Waals surface area (Å²) >= 11 is 3.38. The summed E-state index contributed by atoms with van der Waals surface area (Å²) in [7, 11) is 0. The summed E-state index contributed by atoms with van der Waals surface area (Å²) < 4.78 is 0.943. The fraction of sp³-hybridized carbons (Fsp3) is 0.462. The molecule has 1 aromatic carbocycles. The molecule has 2 nitrogen and oxygen atoms in total. The van der Waals surface area contributed by atoms with Gasteiger partial charge < -0.3 is 4.90 Å². The molecule has 0 fully saturated rings. The topological polar surface area (TPSA) is 20.3 Å². The lowest BCUT2D eigenvalue weighted by molar-refractivity contribution is 0.112. The largest absolute Gasteiger partial charge is 0.371 e. The van der Waals surface area contributed by atoms with E-state index in [0.717, 1.165) is 35.1 Å². The minimum atomic E-state index is 0.586. The molecule has 1 aromatic rings. The molecule has 0 spiro atoms. The summed E-state index contributed by atoms with van der Waals surface area (Å²) in [5.74, 6) is 0.586. The highest BCUT2D eigenvalue weighted by Gasteiger charge is 2.11. The van der Waals surface area contributed by atoms with Crippen molar-refractivity contribution in [3.63, 3.8) is 0 Å². The average molecular weight is 284 g/mol. The first-order chi connectivity index (χ1) is 7.58. The number of carbonyl (C=O) groups excluding carboxylic acids is 1. The Morgan fingerprint density at radius 3 is 2.62 bits per heavy atom. The van der Waals surface area contributed by atoms with Gasteiger partial charge in [0.2, 0.25) is 0 Å². The van der Waals surface area contributed by atoms with Gasteiger partial charge in [0.1, 0.15) is 0 Å². The van der Waals surface area contributed by atoms with Gasteiger partial charge in [-0.15, -0.1) is 0 Å². The van der Waals surface area contributed by atoms with E-state index in [-0.39, 0.29) is 0 Å². The fourth-order valence-electron chi connectivity index (χ4n) is 1.75. The number of anilines is 1. The van der Waals surface area contributed by atoms with Crippen LogP contribution in [-0.2, 0) is 0 Å². The Balaban J connectivity index is 3.04. The number of hydrogen-bond acceptors (Lipinski definition) is 2. The number of rotatable bonds is 5. The molecule has 0 atom stereocenters. The average Bonchev–Trinajstić information content (AvgIpc) is 2.25. The maximum absolute atomic E-state index is 11.0. The van der Waals surface area contributed by atoms with E-state index in [1.165, 1.54) is 0 Å². The molecule has 0 aliphatic heterocycles. The molecule has 16 heavy (non-hydrogen) atoms. The number of hydrogen-bond donors (Lipinski definition) is 0. The van der Waals surface area contributed by atoms with Gasteiger partial charge in [0.05, 0.1) is 0 Å². The van der Waals surface area contributed by atoms with Gasteiger partial charge in [-0.2, -0.15) is 0 Å². The van der Waals surface area contributed by atoms with Crippen molar-refractivity contribution in [1.29, 1.82) is 0 Å². The van der Waals surface area contributed by atoms with Crippen LogP contribution in [0.2, 0.25) is 0 Å². The third-order valence-corrected chi connectivity index (χ3v) is 2.92. The molecule has 1 rings (SSSR count). The Labute approximate surface area is 106 Å². The van der Waals surface area contributed by atoms with Gasteiger partial charge in [0.25, 0.3) is 0 Å². The monoisotopic (exact) mass is 283 g/mol. The van der Waals surface area contributed by atoms with Crippen LogP contribution in [0.5, 0.6) is 0 Å². The third-order valence-electron chi connectivity index (χ3n) is 2.42. The van der Waals surface area contributed by atoms with Gasteiger partial charge in [-0.3, -0.25) is 4.79 Å². The maximum Gasteiger partial charge on any atom is 0.152 e. The normalized spacial score (nSPS) is 10.6. The highest BCUT2D eigenvalue weighted by molar-refractivity contribution is 9.10. The molecule has 0 N–H and O–H groups in total. The Morgan fingerprint density at radius 1 is 1.44 bits per heavy atom. The second-order valence-electron chi connectivity index (χ2n) is 4.25. The first kappa shape index (κ1) is 13.2. The lowest BCUT2D eigenvalue weighted by Gasteiger charge is -2.26. The summed E-state index contributed by atoms with van der Waals surface area (Å²) in [6, 6.07) is 5.84. The molecule has 0 amide bonds. The molecule has 0 saturated heterocycles. The molecule has 88 valence electrons. The zero-order chi connectivity index (χ0) is 12.1. The van der Waals surface area contributed by atoms with Crippen LogP contribution < -0.4 is 4.90 Å². The van der Waals surface area contributed by atoms with Crippen molar-refractivity contribution in [2.24, 2.45) is 5.92 Å². The second-order valence-corrected chi connectivity index (χ2v) is 5.17. The molecule has 0 unspecified atom stereocenters. The van der Waals surface area contributed by atoms with Crippen molar-refractivity contribution in [2.75, 3.05) is 18.0 Å². The van der Waals surface area contributed by atoms with Crippen molar-refractivity contribution in [3.05, 3.63) is 28.2 Å². The Bertz CT molecular complexity index is 363. The van der Waals surface area contributed by atoms with Crippen LogP contribution in [0, 0.1) is 5.92 Å². The zero-order valence-corrected chi connectivity index (χ0v) is 11.6. The highest BCUT2D eigenvalue weighted by Crippen LogP contribution is 2.24.